The molecule has 7 heteroatoms. The molecule has 1 fully saturated rings. The molecule has 2 aromatic carbocycles. The Balaban J connectivity index is 1.38. The van der Waals surface area contributed by atoms with Gasteiger partial charge in [-0.25, -0.2) is 0 Å². The molecule has 0 unspecified atom stereocenters. The van der Waals surface area contributed by atoms with Crippen LogP contribution in [0.4, 0.5) is 5.69 Å². The third-order valence-corrected chi connectivity index (χ3v) is 6.81. The summed E-state index contributed by atoms with van der Waals surface area (Å²) in [5.41, 5.74) is 5.23. The molecule has 1 aliphatic rings. The Morgan fingerprint density at radius 2 is 1.51 bits per heavy atom. The standard InChI is InChI=1S/C30H25N5OS/c1-21-7-11-24(12-8-21)36-25-13-9-23(10-14-25)35-29(28(33-30(35)37)26-5-2-3-17-32-26)27-6-4-20-34(27)22-15-18-31-19-16-22/h2-20,28-29H,1H3,(H,33,37)/t28-,29-/m0/s1. The molecule has 1 N–H and O–H groups in total. The van der Waals surface area contributed by atoms with Crippen molar-refractivity contribution in [2.75, 3.05) is 4.90 Å². The highest BCUT2D eigenvalue weighted by Gasteiger charge is 2.42. The molecule has 5 aromatic rings. The first-order chi connectivity index (χ1) is 18.2. The van der Waals surface area contributed by atoms with Gasteiger partial charge in [-0.1, -0.05) is 23.8 Å². The van der Waals surface area contributed by atoms with E-state index in [1.807, 2.05) is 85.1 Å². The molecule has 6 rings (SSSR count). The van der Waals surface area contributed by atoms with Crippen LogP contribution in [0.5, 0.6) is 11.5 Å². The molecule has 182 valence electrons. The molecule has 6 nitrogen and oxygen atoms in total. The van der Waals surface area contributed by atoms with Crippen molar-refractivity contribution >= 4 is 23.0 Å². The highest BCUT2D eigenvalue weighted by molar-refractivity contribution is 7.80. The average molecular weight is 504 g/mol. The summed E-state index contributed by atoms with van der Waals surface area (Å²) < 4.78 is 8.24. The molecule has 4 heterocycles. The number of benzene rings is 2. The van der Waals surface area contributed by atoms with Crippen LogP contribution in [0.25, 0.3) is 5.69 Å². The molecule has 1 saturated heterocycles. The summed E-state index contributed by atoms with van der Waals surface area (Å²) in [6.07, 6.45) is 7.49. The van der Waals surface area contributed by atoms with Gasteiger partial charge in [0, 0.05) is 41.9 Å². The Morgan fingerprint density at radius 1 is 0.784 bits per heavy atom. The summed E-state index contributed by atoms with van der Waals surface area (Å²) in [4.78, 5) is 11.0. The molecule has 1 aliphatic heterocycles. The van der Waals surface area contributed by atoms with Gasteiger partial charge in [-0.2, -0.15) is 0 Å². The van der Waals surface area contributed by atoms with E-state index in [1.165, 1.54) is 5.56 Å². The lowest BCUT2D eigenvalue weighted by Gasteiger charge is -2.29. The monoisotopic (exact) mass is 503 g/mol. The van der Waals surface area contributed by atoms with Gasteiger partial charge < -0.3 is 19.5 Å². The third-order valence-electron chi connectivity index (χ3n) is 6.49. The molecule has 0 bridgehead atoms. The largest absolute Gasteiger partial charge is 0.457 e. The number of thiocarbonyl (C=S) groups is 1. The van der Waals surface area contributed by atoms with Crippen molar-refractivity contribution in [3.8, 4) is 17.2 Å². The van der Waals surface area contributed by atoms with E-state index in [0.717, 1.165) is 34.3 Å². The quantitative estimate of drug-likeness (QED) is 0.265. The summed E-state index contributed by atoms with van der Waals surface area (Å²) in [7, 11) is 0. The maximum atomic E-state index is 6.06. The number of aromatic nitrogens is 3. The number of nitrogens with one attached hydrogen (secondary N) is 1. The first-order valence-corrected chi connectivity index (χ1v) is 12.5. The fourth-order valence-corrected chi connectivity index (χ4v) is 5.07. The van der Waals surface area contributed by atoms with E-state index in [1.54, 1.807) is 12.4 Å². The molecule has 0 aliphatic carbocycles. The Labute approximate surface area is 221 Å². The van der Waals surface area contributed by atoms with Crippen LogP contribution in [0.15, 0.2) is 116 Å². The van der Waals surface area contributed by atoms with Gasteiger partial charge in [-0.15, -0.1) is 0 Å². The molecule has 0 radical (unpaired) electrons. The van der Waals surface area contributed by atoms with Crippen LogP contribution in [0.1, 0.15) is 29.0 Å². The second-order valence-corrected chi connectivity index (χ2v) is 9.30. The zero-order valence-electron chi connectivity index (χ0n) is 20.2. The van der Waals surface area contributed by atoms with Gasteiger partial charge in [-0.3, -0.25) is 9.97 Å². The van der Waals surface area contributed by atoms with Crippen LogP contribution in [0.2, 0.25) is 0 Å². The Hall–Kier alpha value is -4.49. The van der Waals surface area contributed by atoms with Crippen LogP contribution in [0, 0.1) is 6.92 Å². The van der Waals surface area contributed by atoms with E-state index >= 15 is 0 Å². The molecule has 0 saturated carbocycles. The first-order valence-electron chi connectivity index (χ1n) is 12.1. The molecular weight excluding hydrogens is 478 g/mol. The Morgan fingerprint density at radius 3 is 2.22 bits per heavy atom. The molecule has 0 amide bonds. The smallest absolute Gasteiger partial charge is 0.174 e. The van der Waals surface area contributed by atoms with E-state index in [0.29, 0.717) is 5.11 Å². The lowest BCUT2D eigenvalue weighted by molar-refractivity contribution is 0.482. The predicted octanol–water partition coefficient (Wildman–Crippen LogP) is 6.55. The number of nitrogens with zero attached hydrogens (tertiary/aromatic N) is 4. The first kappa shape index (κ1) is 22.9. The van der Waals surface area contributed by atoms with Crippen molar-refractivity contribution in [3.05, 3.63) is 133 Å². The Kier molecular flexibility index (Phi) is 6.12. The highest BCUT2D eigenvalue weighted by Crippen LogP contribution is 2.42. The van der Waals surface area contributed by atoms with E-state index in [2.05, 4.69) is 50.0 Å². The highest BCUT2D eigenvalue weighted by atomic mass is 32.1. The van der Waals surface area contributed by atoms with Gasteiger partial charge in [0.1, 0.15) is 17.5 Å². The zero-order chi connectivity index (χ0) is 25.2. The zero-order valence-corrected chi connectivity index (χ0v) is 21.0. The second kappa shape index (κ2) is 9.87. The van der Waals surface area contributed by atoms with E-state index in [4.69, 9.17) is 17.0 Å². The van der Waals surface area contributed by atoms with Crippen LogP contribution in [-0.2, 0) is 0 Å². The molecule has 37 heavy (non-hydrogen) atoms. The molecule has 2 atom stereocenters. The maximum Gasteiger partial charge on any atom is 0.174 e. The SMILES string of the molecule is Cc1ccc(Oc2ccc(N3C(=S)N[C@@H](c4ccccn4)[C@@H]3c3cccn3-c3ccncc3)cc2)cc1. The van der Waals surface area contributed by atoms with Crippen molar-refractivity contribution < 1.29 is 4.74 Å². The predicted molar refractivity (Wildman–Crippen MR) is 149 cm³/mol. The van der Waals surface area contributed by atoms with Crippen LogP contribution in [-0.4, -0.2) is 19.6 Å². The molecular formula is C30H25N5OS. The van der Waals surface area contributed by atoms with Gasteiger partial charge in [-0.05, 0) is 91.9 Å². The minimum absolute atomic E-state index is 0.130. The number of anilines is 1. The summed E-state index contributed by atoms with van der Waals surface area (Å²) in [5, 5.41) is 4.18. The van der Waals surface area contributed by atoms with Crippen molar-refractivity contribution in [1.82, 2.24) is 19.9 Å². The topological polar surface area (TPSA) is 55.2 Å². The Bertz CT molecular complexity index is 1500. The lowest BCUT2D eigenvalue weighted by Crippen LogP contribution is -2.30. The van der Waals surface area contributed by atoms with E-state index in [-0.39, 0.29) is 12.1 Å². The van der Waals surface area contributed by atoms with Gasteiger partial charge in [0.2, 0.25) is 0 Å². The van der Waals surface area contributed by atoms with Crippen LogP contribution in [0.3, 0.4) is 0 Å². The van der Waals surface area contributed by atoms with Crippen molar-refractivity contribution in [3.63, 3.8) is 0 Å². The van der Waals surface area contributed by atoms with Crippen molar-refractivity contribution in [2.24, 2.45) is 0 Å². The summed E-state index contributed by atoms with van der Waals surface area (Å²) in [5.74, 6) is 1.57. The second-order valence-electron chi connectivity index (χ2n) is 8.91. The molecule has 0 spiro atoms. The van der Waals surface area contributed by atoms with Crippen LogP contribution >= 0.6 is 12.2 Å². The van der Waals surface area contributed by atoms with Gasteiger partial charge in [0.15, 0.2) is 5.11 Å². The fourth-order valence-electron chi connectivity index (χ4n) is 4.73. The van der Waals surface area contributed by atoms with Crippen molar-refractivity contribution in [2.45, 2.75) is 19.0 Å². The van der Waals surface area contributed by atoms with E-state index in [9.17, 15) is 0 Å². The van der Waals surface area contributed by atoms with Gasteiger partial charge >= 0.3 is 0 Å². The number of ether oxygens (including phenoxy) is 1. The number of hydrogen-bond acceptors (Lipinski definition) is 4. The van der Waals surface area contributed by atoms with Gasteiger partial charge in [0.05, 0.1) is 11.7 Å². The van der Waals surface area contributed by atoms with Gasteiger partial charge in [0.25, 0.3) is 0 Å². The number of hydrogen-bond donors (Lipinski definition) is 1. The number of aryl methyl sites for hydroxylation is 1. The summed E-state index contributed by atoms with van der Waals surface area (Å²) in [6, 6.07) is 30.0. The number of pyridine rings is 2. The average Bonchev–Trinajstić information content (AvgIpc) is 3.56. The third kappa shape index (κ3) is 4.57. The minimum Gasteiger partial charge on any atom is -0.457 e. The normalized spacial score (nSPS) is 17.0. The maximum absolute atomic E-state index is 6.06. The molecule has 3 aromatic heterocycles. The minimum atomic E-state index is -0.132. The fraction of sp³-hybridized carbons (Fsp3) is 0.100. The van der Waals surface area contributed by atoms with Crippen LogP contribution < -0.4 is 15.0 Å². The van der Waals surface area contributed by atoms with Crippen molar-refractivity contribution in [1.29, 1.82) is 0 Å². The lowest BCUT2D eigenvalue weighted by atomic mass is 10.0. The number of rotatable bonds is 6. The summed E-state index contributed by atoms with van der Waals surface area (Å²) >= 11 is 5.90. The summed E-state index contributed by atoms with van der Waals surface area (Å²) in [6.45, 7) is 2.06. The van der Waals surface area contributed by atoms with E-state index < -0.39 is 0 Å².